The lowest BCUT2D eigenvalue weighted by Crippen LogP contribution is -2.50. The predicted octanol–water partition coefficient (Wildman–Crippen LogP) is 3.76. The van der Waals surface area contributed by atoms with Gasteiger partial charge in [0.1, 0.15) is 0 Å². The van der Waals surface area contributed by atoms with Crippen LogP contribution in [0.1, 0.15) is 59.3 Å². The Balaban J connectivity index is 1.92. The van der Waals surface area contributed by atoms with Crippen LogP contribution in [-0.4, -0.2) is 48.1 Å². The molecule has 0 aromatic rings. The Labute approximate surface area is 130 Å². The third kappa shape index (κ3) is 4.92. The zero-order chi connectivity index (χ0) is 14.4. The van der Waals surface area contributed by atoms with Crippen molar-refractivity contribution in [3.05, 3.63) is 0 Å². The Bertz CT molecular complexity index is 266. The second-order valence-corrected chi connectivity index (χ2v) is 9.07. The second-order valence-electron chi connectivity index (χ2n) is 7.19. The molecular formula is C17H34N2S. The van der Waals surface area contributed by atoms with Crippen molar-refractivity contribution in [2.75, 3.05) is 32.7 Å². The Morgan fingerprint density at radius 3 is 2.35 bits per heavy atom. The van der Waals surface area contributed by atoms with Crippen molar-refractivity contribution < 1.29 is 0 Å². The highest BCUT2D eigenvalue weighted by Gasteiger charge is 2.35. The van der Waals surface area contributed by atoms with Gasteiger partial charge in [-0.3, -0.25) is 0 Å². The molecule has 2 rings (SSSR count). The largest absolute Gasteiger partial charge is 0.316 e. The standard InChI is InChI=1S/C17H34N2S/c1-4-10-18-13-17(8-6-5-7-9-17)14-19-11-15(2)20-16(3)12-19/h15-16,18H,4-14H2,1-3H3. The van der Waals surface area contributed by atoms with Crippen LogP contribution in [0.25, 0.3) is 0 Å². The molecule has 2 aliphatic rings. The van der Waals surface area contributed by atoms with Crippen LogP contribution in [0.15, 0.2) is 0 Å². The van der Waals surface area contributed by atoms with E-state index in [-0.39, 0.29) is 0 Å². The predicted molar refractivity (Wildman–Crippen MR) is 91.6 cm³/mol. The topological polar surface area (TPSA) is 15.3 Å². The highest BCUT2D eigenvalue weighted by atomic mass is 32.2. The first-order valence-corrected chi connectivity index (χ1v) is 9.66. The fourth-order valence-corrected chi connectivity index (χ4v) is 5.50. The van der Waals surface area contributed by atoms with E-state index in [1.165, 1.54) is 71.2 Å². The van der Waals surface area contributed by atoms with Crippen LogP contribution < -0.4 is 5.32 Å². The van der Waals surface area contributed by atoms with Crippen molar-refractivity contribution >= 4 is 11.8 Å². The molecule has 2 atom stereocenters. The quantitative estimate of drug-likeness (QED) is 0.752. The fraction of sp³-hybridized carbons (Fsp3) is 1.00. The van der Waals surface area contributed by atoms with E-state index >= 15 is 0 Å². The molecule has 1 saturated carbocycles. The summed E-state index contributed by atoms with van der Waals surface area (Å²) in [6, 6.07) is 0. The van der Waals surface area contributed by atoms with Gasteiger partial charge in [0.05, 0.1) is 0 Å². The molecule has 118 valence electrons. The highest BCUT2D eigenvalue weighted by molar-refractivity contribution is 8.00. The van der Waals surface area contributed by atoms with Crippen LogP contribution >= 0.6 is 11.8 Å². The van der Waals surface area contributed by atoms with Crippen LogP contribution in [0, 0.1) is 5.41 Å². The Morgan fingerprint density at radius 1 is 1.10 bits per heavy atom. The first-order valence-electron chi connectivity index (χ1n) is 8.72. The molecule has 0 bridgehead atoms. The first-order chi connectivity index (χ1) is 9.63. The summed E-state index contributed by atoms with van der Waals surface area (Å²) in [6.45, 7) is 13.4. The fourth-order valence-electron chi connectivity index (χ4n) is 4.11. The number of hydrogen-bond acceptors (Lipinski definition) is 3. The summed E-state index contributed by atoms with van der Waals surface area (Å²) < 4.78 is 0. The molecule has 1 saturated heterocycles. The van der Waals surface area contributed by atoms with E-state index in [1.807, 2.05) is 0 Å². The minimum absolute atomic E-state index is 0.564. The van der Waals surface area contributed by atoms with Crippen molar-refractivity contribution in [1.82, 2.24) is 10.2 Å². The molecule has 0 aromatic heterocycles. The smallest absolute Gasteiger partial charge is 0.0149 e. The molecule has 2 fully saturated rings. The average molecular weight is 299 g/mol. The van der Waals surface area contributed by atoms with E-state index in [4.69, 9.17) is 0 Å². The summed E-state index contributed by atoms with van der Waals surface area (Å²) >= 11 is 2.17. The average Bonchev–Trinajstić information content (AvgIpc) is 2.38. The van der Waals surface area contributed by atoms with E-state index in [1.54, 1.807) is 0 Å². The monoisotopic (exact) mass is 298 g/mol. The molecule has 2 nitrogen and oxygen atoms in total. The molecule has 0 radical (unpaired) electrons. The van der Waals surface area contributed by atoms with E-state index in [0.717, 1.165) is 10.5 Å². The van der Waals surface area contributed by atoms with Crippen molar-refractivity contribution in [3.63, 3.8) is 0 Å². The molecule has 2 unspecified atom stereocenters. The van der Waals surface area contributed by atoms with Gasteiger partial charge in [-0.15, -0.1) is 0 Å². The normalized spacial score (nSPS) is 31.4. The molecule has 0 amide bonds. The molecular weight excluding hydrogens is 264 g/mol. The molecule has 1 N–H and O–H groups in total. The van der Waals surface area contributed by atoms with Gasteiger partial charge in [0.25, 0.3) is 0 Å². The lowest BCUT2D eigenvalue weighted by atomic mass is 9.73. The Morgan fingerprint density at radius 2 is 1.75 bits per heavy atom. The van der Waals surface area contributed by atoms with Crippen LogP contribution in [0.5, 0.6) is 0 Å². The molecule has 0 spiro atoms. The van der Waals surface area contributed by atoms with Crippen molar-refractivity contribution in [1.29, 1.82) is 0 Å². The number of hydrogen-bond donors (Lipinski definition) is 1. The summed E-state index contributed by atoms with van der Waals surface area (Å²) in [4.78, 5) is 2.77. The second kappa shape index (κ2) is 8.05. The maximum absolute atomic E-state index is 3.73. The van der Waals surface area contributed by atoms with Crippen LogP contribution in [0.2, 0.25) is 0 Å². The lowest BCUT2D eigenvalue weighted by Gasteiger charge is -2.44. The summed E-state index contributed by atoms with van der Waals surface area (Å²) in [7, 11) is 0. The minimum Gasteiger partial charge on any atom is -0.316 e. The van der Waals surface area contributed by atoms with E-state index < -0.39 is 0 Å². The molecule has 1 heterocycles. The number of rotatable bonds is 6. The number of thioether (sulfide) groups is 1. The van der Waals surface area contributed by atoms with Crippen molar-refractivity contribution in [3.8, 4) is 0 Å². The number of nitrogens with zero attached hydrogens (tertiary/aromatic N) is 1. The van der Waals surface area contributed by atoms with E-state index in [0.29, 0.717) is 5.41 Å². The van der Waals surface area contributed by atoms with Gasteiger partial charge >= 0.3 is 0 Å². The van der Waals surface area contributed by atoms with Gasteiger partial charge < -0.3 is 10.2 Å². The van der Waals surface area contributed by atoms with E-state index in [9.17, 15) is 0 Å². The lowest BCUT2D eigenvalue weighted by molar-refractivity contribution is 0.101. The van der Waals surface area contributed by atoms with Gasteiger partial charge in [-0.1, -0.05) is 40.0 Å². The van der Waals surface area contributed by atoms with E-state index in [2.05, 4.69) is 42.7 Å². The third-order valence-electron chi connectivity index (χ3n) is 4.90. The zero-order valence-corrected chi connectivity index (χ0v) is 14.6. The maximum Gasteiger partial charge on any atom is 0.0149 e. The maximum atomic E-state index is 3.73. The molecule has 0 aromatic carbocycles. The van der Waals surface area contributed by atoms with Crippen LogP contribution in [0.3, 0.4) is 0 Å². The van der Waals surface area contributed by atoms with Gasteiger partial charge in [0, 0.05) is 36.7 Å². The number of nitrogens with one attached hydrogen (secondary N) is 1. The van der Waals surface area contributed by atoms with Crippen molar-refractivity contribution in [2.45, 2.75) is 69.8 Å². The van der Waals surface area contributed by atoms with Gasteiger partial charge in [-0.05, 0) is 31.2 Å². The van der Waals surface area contributed by atoms with Gasteiger partial charge in [-0.25, -0.2) is 0 Å². The summed E-state index contributed by atoms with van der Waals surface area (Å²) in [5.74, 6) is 0. The van der Waals surface area contributed by atoms with Gasteiger partial charge in [0.15, 0.2) is 0 Å². The Hall–Kier alpha value is 0.270. The first kappa shape index (κ1) is 16.6. The summed E-state index contributed by atoms with van der Waals surface area (Å²) in [5, 5.41) is 5.34. The summed E-state index contributed by atoms with van der Waals surface area (Å²) in [5.41, 5.74) is 0.564. The van der Waals surface area contributed by atoms with Gasteiger partial charge in [-0.2, -0.15) is 11.8 Å². The SMILES string of the molecule is CCCNCC1(CN2CC(C)SC(C)C2)CCCCC1. The van der Waals surface area contributed by atoms with Crippen LogP contribution in [0.4, 0.5) is 0 Å². The van der Waals surface area contributed by atoms with Crippen LogP contribution in [-0.2, 0) is 0 Å². The molecule has 3 heteroatoms. The highest BCUT2D eigenvalue weighted by Crippen LogP contribution is 2.38. The third-order valence-corrected chi connectivity index (χ3v) is 6.12. The molecule has 20 heavy (non-hydrogen) atoms. The molecule has 1 aliphatic heterocycles. The zero-order valence-electron chi connectivity index (χ0n) is 13.8. The Kier molecular flexibility index (Phi) is 6.70. The molecule has 1 aliphatic carbocycles. The summed E-state index contributed by atoms with van der Waals surface area (Å²) in [6.07, 6.45) is 8.48. The van der Waals surface area contributed by atoms with Crippen molar-refractivity contribution in [2.24, 2.45) is 5.41 Å². The minimum atomic E-state index is 0.564. The van der Waals surface area contributed by atoms with Gasteiger partial charge in [0.2, 0.25) is 0 Å².